The van der Waals surface area contributed by atoms with Gasteiger partial charge < -0.3 is 14.7 Å². The summed E-state index contributed by atoms with van der Waals surface area (Å²) in [4.78, 5) is 21.0. The van der Waals surface area contributed by atoms with Gasteiger partial charge in [0.15, 0.2) is 0 Å². The summed E-state index contributed by atoms with van der Waals surface area (Å²) in [5, 5.41) is 0. The molecule has 1 amide bonds. The van der Waals surface area contributed by atoms with Crippen LogP contribution in [0.1, 0.15) is 27.7 Å². The van der Waals surface area contributed by atoms with Crippen LogP contribution in [0.3, 0.4) is 0 Å². The Balaban J connectivity index is 0.000000921. The van der Waals surface area contributed by atoms with E-state index in [0.717, 1.165) is 52.4 Å². The molecule has 5 nitrogen and oxygen atoms in total. The van der Waals surface area contributed by atoms with Crippen LogP contribution < -0.4 is 0 Å². The van der Waals surface area contributed by atoms with Crippen molar-refractivity contribution in [1.29, 1.82) is 0 Å². The molecule has 0 atom stereocenters. The fourth-order valence-corrected chi connectivity index (χ4v) is 2.35. The smallest absolute Gasteiger partial charge is 0.236 e. The SMILES string of the molecule is CC.CC.CN1CCN(CC(=O)N2CCN(C)CC2)CC1. The van der Waals surface area contributed by atoms with E-state index in [1.807, 2.05) is 32.6 Å². The van der Waals surface area contributed by atoms with Crippen molar-refractivity contribution in [2.75, 3.05) is 73.0 Å². The van der Waals surface area contributed by atoms with E-state index in [-0.39, 0.29) is 0 Å². The van der Waals surface area contributed by atoms with E-state index in [1.165, 1.54) is 0 Å². The Kier molecular flexibility index (Phi) is 11.6. The van der Waals surface area contributed by atoms with E-state index in [2.05, 4.69) is 28.8 Å². The third-order valence-electron chi connectivity index (χ3n) is 3.81. The average molecular weight is 300 g/mol. The van der Waals surface area contributed by atoms with Gasteiger partial charge in [-0.25, -0.2) is 0 Å². The van der Waals surface area contributed by atoms with Crippen molar-refractivity contribution < 1.29 is 4.79 Å². The number of piperazine rings is 2. The highest BCUT2D eigenvalue weighted by Gasteiger charge is 2.22. The molecule has 2 saturated heterocycles. The first-order valence-electron chi connectivity index (χ1n) is 8.52. The summed E-state index contributed by atoms with van der Waals surface area (Å²) in [5.41, 5.74) is 0. The van der Waals surface area contributed by atoms with Gasteiger partial charge in [0, 0.05) is 52.4 Å². The summed E-state index contributed by atoms with van der Waals surface area (Å²) in [6.45, 7) is 16.6. The van der Waals surface area contributed by atoms with Gasteiger partial charge in [0.05, 0.1) is 6.54 Å². The second-order valence-electron chi connectivity index (χ2n) is 5.26. The molecule has 0 unspecified atom stereocenters. The largest absolute Gasteiger partial charge is 0.339 e. The van der Waals surface area contributed by atoms with Gasteiger partial charge in [-0.3, -0.25) is 9.69 Å². The van der Waals surface area contributed by atoms with Gasteiger partial charge in [0.25, 0.3) is 0 Å². The minimum Gasteiger partial charge on any atom is -0.339 e. The molecule has 2 rings (SSSR count). The summed E-state index contributed by atoms with van der Waals surface area (Å²) in [6.07, 6.45) is 0. The minimum absolute atomic E-state index is 0.308. The molecule has 0 aliphatic carbocycles. The van der Waals surface area contributed by atoms with Crippen LogP contribution >= 0.6 is 0 Å². The lowest BCUT2D eigenvalue weighted by atomic mass is 10.3. The van der Waals surface area contributed by atoms with Crippen LogP contribution in [-0.2, 0) is 4.79 Å². The molecule has 2 fully saturated rings. The normalized spacial score (nSPS) is 21.0. The van der Waals surface area contributed by atoms with Crippen LogP contribution in [0.2, 0.25) is 0 Å². The number of carbonyl (C=O) groups is 1. The van der Waals surface area contributed by atoms with Gasteiger partial charge in [0.2, 0.25) is 5.91 Å². The molecule has 0 N–H and O–H groups in total. The van der Waals surface area contributed by atoms with Gasteiger partial charge in [-0.1, -0.05) is 27.7 Å². The second kappa shape index (κ2) is 12.0. The van der Waals surface area contributed by atoms with E-state index < -0.39 is 0 Å². The van der Waals surface area contributed by atoms with Crippen LogP contribution in [0.5, 0.6) is 0 Å². The van der Waals surface area contributed by atoms with Crippen LogP contribution in [0.25, 0.3) is 0 Å². The molecule has 0 aromatic rings. The first-order valence-corrected chi connectivity index (χ1v) is 8.52. The molecule has 0 saturated carbocycles. The van der Waals surface area contributed by atoms with E-state index in [0.29, 0.717) is 12.5 Å². The third kappa shape index (κ3) is 7.79. The third-order valence-corrected chi connectivity index (χ3v) is 3.81. The zero-order chi connectivity index (χ0) is 16.3. The van der Waals surface area contributed by atoms with Crippen molar-refractivity contribution in [1.82, 2.24) is 19.6 Å². The number of hydrogen-bond acceptors (Lipinski definition) is 4. The Hall–Kier alpha value is -0.650. The molecule has 5 heteroatoms. The molecule has 21 heavy (non-hydrogen) atoms. The number of carbonyl (C=O) groups excluding carboxylic acids is 1. The van der Waals surface area contributed by atoms with Gasteiger partial charge in [0.1, 0.15) is 0 Å². The number of hydrogen-bond donors (Lipinski definition) is 0. The number of likely N-dealkylation sites (N-methyl/N-ethyl adjacent to an activating group) is 2. The highest BCUT2D eigenvalue weighted by atomic mass is 16.2. The zero-order valence-electron chi connectivity index (χ0n) is 15.1. The minimum atomic E-state index is 0.308. The number of amides is 1. The number of rotatable bonds is 2. The Morgan fingerprint density at radius 2 is 1.10 bits per heavy atom. The zero-order valence-corrected chi connectivity index (χ0v) is 15.1. The summed E-state index contributed by atoms with van der Waals surface area (Å²) >= 11 is 0. The highest BCUT2D eigenvalue weighted by Crippen LogP contribution is 2.03. The Labute approximate surface area is 131 Å². The summed E-state index contributed by atoms with van der Waals surface area (Å²) in [5.74, 6) is 0.308. The predicted molar refractivity (Wildman–Crippen MR) is 90.7 cm³/mol. The van der Waals surface area contributed by atoms with E-state index in [9.17, 15) is 4.79 Å². The standard InChI is InChI=1S/C12H24N4O.2C2H6/c1-13-3-7-15(8-4-13)11-12(17)16-9-5-14(2)6-10-16;2*1-2/h3-11H2,1-2H3;2*1-2H3. The maximum atomic E-state index is 12.1. The molecule has 2 aliphatic rings. The fourth-order valence-electron chi connectivity index (χ4n) is 2.35. The van der Waals surface area contributed by atoms with Crippen molar-refractivity contribution in [3.8, 4) is 0 Å². The van der Waals surface area contributed by atoms with Gasteiger partial charge in [-0.15, -0.1) is 0 Å². The molecule has 2 aliphatic heterocycles. The lowest BCUT2D eigenvalue weighted by Crippen LogP contribution is -2.52. The quantitative estimate of drug-likeness (QED) is 0.763. The maximum Gasteiger partial charge on any atom is 0.236 e. The van der Waals surface area contributed by atoms with Gasteiger partial charge in [-0.05, 0) is 14.1 Å². The lowest BCUT2D eigenvalue weighted by Gasteiger charge is -2.36. The van der Waals surface area contributed by atoms with Crippen molar-refractivity contribution in [2.24, 2.45) is 0 Å². The molecule has 0 bridgehead atoms. The summed E-state index contributed by atoms with van der Waals surface area (Å²) in [7, 11) is 4.25. The van der Waals surface area contributed by atoms with Crippen molar-refractivity contribution in [2.45, 2.75) is 27.7 Å². The molecule has 0 aromatic heterocycles. The Bertz CT molecular complexity index is 257. The van der Waals surface area contributed by atoms with Crippen molar-refractivity contribution in [3.63, 3.8) is 0 Å². The average Bonchev–Trinajstić information content (AvgIpc) is 2.54. The lowest BCUT2D eigenvalue weighted by molar-refractivity contribution is -0.134. The predicted octanol–water partition coefficient (Wildman–Crippen LogP) is 1.06. The molecule has 0 radical (unpaired) electrons. The molecular weight excluding hydrogens is 264 g/mol. The fraction of sp³-hybridized carbons (Fsp3) is 0.938. The van der Waals surface area contributed by atoms with E-state index in [1.54, 1.807) is 0 Å². The van der Waals surface area contributed by atoms with Crippen LogP contribution in [0.4, 0.5) is 0 Å². The Morgan fingerprint density at radius 3 is 1.52 bits per heavy atom. The first kappa shape index (κ1) is 20.3. The van der Waals surface area contributed by atoms with Crippen molar-refractivity contribution >= 4 is 5.91 Å². The van der Waals surface area contributed by atoms with Crippen LogP contribution in [-0.4, -0.2) is 98.5 Å². The van der Waals surface area contributed by atoms with Crippen LogP contribution in [0.15, 0.2) is 0 Å². The van der Waals surface area contributed by atoms with E-state index in [4.69, 9.17) is 0 Å². The van der Waals surface area contributed by atoms with Crippen molar-refractivity contribution in [3.05, 3.63) is 0 Å². The summed E-state index contributed by atoms with van der Waals surface area (Å²) < 4.78 is 0. The van der Waals surface area contributed by atoms with Gasteiger partial charge in [-0.2, -0.15) is 0 Å². The molecule has 126 valence electrons. The van der Waals surface area contributed by atoms with Crippen LogP contribution in [0, 0.1) is 0 Å². The van der Waals surface area contributed by atoms with Gasteiger partial charge >= 0.3 is 0 Å². The topological polar surface area (TPSA) is 30.0 Å². The second-order valence-corrected chi connectivity index (χ2v) is 5.26. The molecule has 0 spiro atoms. The monoisotopic (exact) mass is 300 g/mol. The molecule has 0 aromatic carbocycles. The maximum absolute atomic E-state index is 12.1. The Morgan fingerprint density at radius 1 is 0.714 bits per heavy atom. The number of nitrogens with zero attached hydrogens (tertiary/aromatic N) is 4. The summed E-state index contributed by atoms with van der Waals surface area (Å²) in [6, 6.07) is 0. The molecule has 2 heterocycles. The van der Waals surface area contributed by atoms with E-state index >= 15 is 0 Å². The molecular formula is C16H36N4O. The highest BCUT2D eigenvalue weighted by molar-refractivity contribution is 5.78. The first-order chi connectivity index (χ1) is 10.1.